The van der Waals surface area contributed by atoms with Crippen molar-refractivity contribution in [3.63, 3.8) is 0 Å². The van der Waals surface area contributed by atoms with Crippen molar-refractivity contribution >= 4 is 28.5 Å². The molecule has 0 aliphatic carbocycles. The molecule has 2 aromatic rings. The lowest BCUT2D eigenvalue weighted by atomic mass is 10.0. The second-order valence-corrected chi connectivity index (χ2v) is 4.24. The first-order valence-electron chi connectivity index (χ1n) is 5.32. The van der Waals surface area contributed by atoms with Gasteiger partial charge < -0.3 is 20.3 Å². The van der Waals surface area contributed by atoms with E-state index in [1.54, 1.807) is 24.3 Å². The van der Waals surface area contributed by atoms with E-state index in [9.17, 15) is 15.0 Å². The summed E-state index contributed by atoms with van der Waals surface area (Å²) in [5, 5.41) is 29.2. The minimum Gasteiger partial charge on any atom is -0.477 e. The van der Waals surface area contributed by atoms with E-state index >= 15 is 0 Å². The summed E-state index contributed by atoms with van der Waals surface area (Å²) in [6.07, 6.45) is -2.56. The lowest BCUT2D eigenvalue weighted by molar-refractivity contribution is 0.0321. The molecule has 0 spiro atoms. The summed E-state index contributed by atoms with van der Waals surface area (Å²) < 4.78 is 0. The van der Waals surface area contributed by atoms with Crippen LogP contribution in [0.15, 0.2) is 24.3 Å². The van der Waals surface area contributed by atoms with Crippen molar-refractivity contribution in [2.24, 2.45) is 0 Å². The van der Waals surface area contributed by atoms with Gasteiger partial charge in [0, 0.05) is 16.5 Å². The Hall–Kier alpha value is -1.56. The van der Waals surface area contributed by atoms with Crippen LogP contribution in [0.25, 0.3) is 10.9 Å². The van der Waals surface area contributed by atoms with Crippen molar-refractivity contribution in [3.8, 4) is 0 Å². The fourth-order valence-corrected chi connectivity index (χ4v) is 2.09. The van der Waals surface area contributed by atoms with E-state index in [2.05, 4.69) is 4.98 Å². The zero-order chi connectivity index (χ0) is 13.3. The number of aromatic nitrogens is 1. The molecule has 1 aromatic carbocycles. The van der Waals surface area contributed by atoms with Gasteiger partial charge in [-0.25, -0.2) is 4.79 Å². The number of hydrogen-bond acceptors (Lipinski definition) is 3. The average Bonchev–Trinajstić information content (AvgIpc) is 2.76. The summed E-state index contributed by atoms with van der Waals surface area (Å²) in [6, 6.07) is 6.85. The molecule has 0 saturated heterocycles. The van der Waals surface area contributed by atoms with Gasteiger partial charge in [0.1, 0.15) is 11.8 Å². The average molecular weight is 270 g/mol. The minimum absolute atomic E-state index is 0.132. The maximum Gasteiger partial charge on any atom is 0.352 e. The third kappa shape index (κ3) is 2.08. The number of aromatic amines is 1. The van der Waals surface area contributed by atoms with Crippen molar-refractivity contribution in [2.45, 2.75) is 12.2 Å². The molecule has 5 nitrogen and oxygen atoms in total. The molecule has 0 aliphatic rings. The monoisotopic (exact) mass is 269 g/mol. The Morgan fingerprint density at radius 2 is 2.00 bits per heavy atom. The number of halogens is 1. The predicted octanol–water partition coefficient (Wildman–Crippen LogP) is 1.50. The van der Waals surface area contributed by atoms with Crippen molar-refractivity contribution in [1.82, 2.24) is 4.98 Å². The highest BCUT2D eigenvalue weighted by Crippen LogP contribution is 2.30. The number of carbonyl (C=O) groups is 1. The van der Waals surface area contributed by atoms with Crippen LogP contribution in [0.5, 0.6) is 0 Å². The molecule has 1 aromatic heterocycles. The molecule has 0 amide bonds. The van der Waals surface area contributed by atoms with Crippen LogP contribution in [0.4, 0.5) is 0 Å². The number of carboxylic acids is 1. The Kier molecular flexibility index (Phi) is 3.56. The summed E-state index contributed by atoms with van der Waals surface area (Å²) >= 11 is 5.48. The first-order valence-corrected chi connectivity index (χ1v) is 5.85. The molecule has 0 aliphatic heterocycles. The molecule has 6 heteroatoms. The van der Waals surface area contributed by atoms with Gasteiger partial charge in [0.25, 0.3) is 0 Å². The summed E-state index contributed by atoms with van der Waals surface area (Å²) in [7, 11) is 0. The van der Waals surface area contributed by atoms with E-state index in [0.29, 0.717) is 10.9 Å². The van der Waals surface area contributed by atoms with Crippen molar-refractivity contribution in [2.75, 3.05) is 5.88 Å². The second kappa shape index (κ2) is 4.97. The highest BCUT2D eigenvalue weighted by atomic mass is 35.5. The second-order valence-electron chi connectivity index (χ2n) is 3.93. The molecule has 2 unspecified atom stereocenters. The van der Waals surface area contributed by atoms with Crippen molar-refractivity contribution in [3.05, 3.63) is 35.5 Å². The molecule has 1 heterocycles. The maximum atomic E-state index is 11.1. The molecule has 0 bridgehead atoms. The van der Waals surface area contributed by atoms with Crippen LogP contribution in [0, 0.1) is 0 Å². The highest BCUT2D eigenvalue weighted by Gasteiger charge is 2.27. The van der Waals surface area contributed by atoms with E-state index in [-0.39, 0.29) is 17.1 Å². The first kappa shape index (κ1) is 12.9. The standard InChI is InChI=1S/C12H12ClNO4/c13-5-8(15)11(16)9-6-3-1-2-4-7(6)14-10(9)12(17)18/h1-4,8,11,14-16H,5H2,(H,17,18). The molecule has 18 heavy (non-hydrogen) atoms. The number of nitrogens with one attached hydrogen (secondary N) is 1. The van der Waals surface area contributed by atoms with Gasteiger partial charge in [0.2, 0.25) is 0 Å². The lowest BCUT2D eigenvalue weighted by Crippen LogP contribution is -2.21. The number of carboxylic acid groups (broad SMARTS) is 1. The highest BCUT2D eigenvalue weighted by molar-refractivity contribution is 6.18. The fourth-order valence-electron chi connectivity index (χ4n) is 1.92. The number of aromatic carboxylic acids is 1. The molecule has 0 saturated carbocycles. The van der Waals surface area contributed by atoms with Crippen LogP contribution in [0.3, 0.4) is 0 Å². The lowest BCUT2D eigenvalue weighted by Gasteiger charge is -2.15. The topological polar surface area (TPSA) is 93.5 Å². The van der Waals surface area contributed by atoms with Gasteiger partial charge in [-0.2, -0.15) is 0 Å². The molecular weight excluding hydrogens is 258 g/mol. The number of rotatable bonds is 4. The van der Waals surface area contributed by atoms with Gasteiger partial charge in [0.15, 0.2) is 0 Å². The quantitative estimate of drug-likeness (QED) is 0.633. The van der Waals surface area contributed by atoms with Crippen molar-refractivity contribution < 1.29 is 20.1 Å². The van der Waals surface area contributed by atoms with Crippen LogP contribution in [-0.4, -0.2) is 38.3 Å². The molecular formula is C12H12ClNO4. The van der Waals surface area contributed by atoms with Gasteiger partial charge in [-0.3, -0.25) is 0 Å². The zero-order valence-electron chi connectivity index (χ0n) is 9.30. The number of H-pyrrole nitrogens is 1. The summed E-state index contributed by atoms with van der Waals surface area (Å²) in [5.74, 6) is -1.37. The van der Waals surface area contributed by atoms with E-state index < -0.39 is 18.2 Å². The van der Waals surface area contributed by atoms with Crippen LogP contribution < -0.4 is 0 Å². The molecule has 0 fully saturated rings. The SMILES string of the molecule is O=C(O)c1[nH]c2ccccc2c1C(O)C(O)CCl. The number of benzene rings is 1. The predicted molar refractivity (Wildman–Crippen MR) is 66.9 cm³/mol. The van der Waals surface area contributed by atoms with E-state index in [4.69, 9.17) is 16.7 Å². The Morgan fingerprint density at radius 1 is 1.33 bits per heavy atom. The smallest absolute Gasteiger partial charge is 0.352 e. The zero-order valence-corrected chi connectivity index (χ0v) is 10.1. The molecule has 2 rings (SSSR count). The fraction of sp³-hybridized carbons (Fsp3) is 0.250. The molecule has 4 N–H and O–H groups in total. The van der Waals surface area contributed by atoms with E-state index in [1.807, 2.05) is 0 Å². The summed E-state index contributed by atoms with van der Waals surface area (Å²) in [4.78, 5) is 13.9. The van der Waals surface area contributed by atoms with Gasteiger partial charge in [-0.05, 0) is 6.07 Å². The van der Waals surface area contributed by atoms with Crippen LogP contribution in [-0.2, 0) is 0 Å². The number of para-hydroxylation sites is 1. The number of aliphatic hydroxyl groups is 2. The normalized spacial score (nSPS) is 14.6. The van der Waals surface area contributed by atoms with E-state index in [0.717, 1.165) is 0 Å². The molecule has 2 atom stereocenters. The minimum atomic E-state index is -1.34. The Bertz CT molecular complexity index is 580. The van der Waals surface area contributed by atoms with Crippen LogP contribution >= 0.6 is 11.6 Å². The molecule has 96 valence electrons. The first-order chi connectivity index (χ1) is 8.56. The Morgan fingerprint density at radius 3 is 2.61 bits per heavy atom. The number of aliphatic hydroxyl groups excluding tert-OH is 2. The van der Waals surface area contributed by atoms with Gasteiger partial charge in [-0.1, -0.05) is 18.2 Å². The summed E-state index contributed by atoms with van der Waals surface area (Å²) in [5.41, 5.74) is 0.616. The van der Waals surface area contributed by atoms with Gasteiger partial charge in [-0.15, -0.1) is 11.6 Å². The van der Waals surface area contributed by atoms with Crippen LogP contribution in [0.1, 0.15) is 22.2 Å². The van der Waals surface area contributed by atoms with Crippen LogP contribution in [0.2, 0.25) is 0 Å². The van der Waals surface area contributed by atoms with Gasteiger partial charge >= 0.3 is 5.97 Å². The largest absolute Gasteiger partial charge is 0.477 e. The maximum absolute atomic E-state index is 11.1. The van der Waals surface area contributed by atoms with E-state index in [1.165, 1.54) is 0 Å². The number of alkyl halides is 1. The summed E-state index contributed by atoms with van der Waals surface area (Å²) in [6.45, 7) is 0. The van der Waals surface area contributed by atoms with Gasteiger partial charge in [0.05, 0.1) is 12.0 Å². The van der Waals surface area contributed by atoms with Crippen molar-refractivity contribution in [1.29, 1.82) is 0 Å². The number of fused-ring (bicyclic) bond motifs is 1. The number of hydrogen-bond donors (Lipinski definition) is 4. The third-order valence-corrected chi connectivity index (χ3v) is 3.09. The molecule has 0 radical (unpaired) electrons. The third-order valence-electron chi connectivity index (χ3n) is 2.78. The Labute approximate surface area is 108 Å². The Balaban J connectivity index is 2.65.